The van der Waals surface area contributed by atoms with Gasteiger partial charge in [-0.25, -0.2) is 0 Å². The zero-order valence-corrected chi connectivity index (χ0v) is 14.7. The van der Waals surface area contributed by atoms with Crippen LogP contribution in [0.2, 0.25) is 0 Å². The van der Waals surface area contributed by atoms with Gasteiger partial charge in [0.05, 0.1) is 11.8 Å². The Bertz CT molecular complexity index is 844. The van der Waals surface area contributed by atoms with Gasteiger partial charge in [-0.1, -0.05) is 18.2 Å². The molecule has 0 saturated carbocycles. The summed E-state index contributed by atoms with van der Waals surface area (Å²) in [7, 11) is 0. The first-order chi connectivity index (χ1) is 12.4. The Morgan fingerprint density at radius 1 is 1.08 bits per heavy atom. The van der Waals surface area contributed by atoms with Crippen molar-refractivity contribution in [2.24, 2.45) is 0 Å². The molecule has 1 aliphatic rings. The summed E-state index contributed by atoms with van der Waals surface area (Å²) < 4.78 is 11.1. The first-order valence-corrected chi connectivity index (χ1v) is 8.38. The maximum atomic E-state index is 12.8. The number of benzene rings is 2. The van der Waals surface area contributed by atoms with Gasteiger partial charge in [-0.3, -0.25) is 9.59 Å². The molecule has 2 aromatic carbocycles. The fourth-order valence-electron chi connectivity index (χ4n) is 2.78. The summed E-state index contributed by atoms with van der Waals surface area (Å²) in [5, 5.41) is 11.8. The summed E-state index contributed by atoms with van der Waals surface area (Å²) in [5.74, 6) is 0.211. The molecular formula is C20H21NO5. The van der Waals surface area contributed by atoms with E-state index in [2.05, 4.69) is 5.32 Å². The number of fused-ring (bicyclic) bond motifs is 1. The van der Waals surface area contributed by atoms with Crippen molar-refractivity contribution < 1.29 is 24.2 Å². The second-order valence-electron chi connectivity index (χ2n) is 6.71. The van der Waals surface area contributed by atoms with Crippen molar-refractivity contribution in [3.8, 4) is 11.5 Å². The van der Waals surface area contributed by atoms with Gasteiger partial charge >= 0.3 is 5.97 Å². The molecule has 1 amide bonds. The molecular weight excluding hydrogens is 334 g/mol. The smallest absolute Gasteiger partial charge is 0.307 e. The number of rotatable bonds is 5. The molecule has 0 saturated heterocycles. The lowest BCUT2D eigenvalue weighted by Crippen LogP contribution is -2.35. The standard InChI is InChI=1S/C20H21NO5/c1-20(2,14-6-7-16-17(12-14)26-9-8-25-16)19(24)21-15-5-3-4-13(10-15)11-18(22)23/h3-7,10,12H,8-9,11H2,1-2H3,(H,21,24)(H,22,23). The number of nitrogens with one attached hydrogen (secondary N) is 1. The van der Waals surface area contributed by atoms with Crippen LogP contribution in [0.15, 0.2) is 42.5 Å². The summed E-state index contributed by atoms with van der Waals surface area (Å²) in [6.07, 6.45) is -0.0880. The lowest BCUT2D eigenvalue weighted by atomic mass is 9.83. The largest absolute Gasteiger partial charge is 0.486 e. The molecule has 1 aliphatic heterocycles. The molecule has 0 fully saturated rings. The minimum Gasteiger partial charge on any atom is -0.486 e. The summed E-state index contributed by atoms with van der Waals surface area (Å²) >= 11 is 0. The molecule has 3 rings (SSSR count). The Morgan fingerprint density at radius 2 is 1.81 bits per heavy atom. The Balaban J connectivity index is 1.79. The Hall–Kier alpha value is -3.02. The number of hydrogen-bond donors (Lipinski definition) is 2. The van der Waals surface area contributed by atoms with E-state index in [1.165, 1.54) is 0 Å². The van der Waals surface area contributed by atoms with Crippen LogP contribution < -0.4 is 14.8 Å². The van der Waals surface area contributed by atoms with E-state index in [0.29, 0.717) is 36.0 Å². The Morgan fingerprint density at radius 3 is 2.54 bits per heavy atom. The molecule has 26 heavy (non-hydrogen) atoms. The topological polar surface area (TPSA) is 84.9 Å². The molecule has 2 aromatic rings. The van der Waals surface area contributed by atoms with Gasteiger partial charge in [0.1, 0.15) is 13.2 Å². The van der Waals surface area contributed by atoms with Crippen molar-refractivity contribution in [2.45, 2.75) is 25.7 Å². The van der Waals surface area contributed by atoms with Gasteiger partial charge in [0, 0.05) is 5.69 Å². The number of carbonyl (C=O) groups is 2. The third-order valence-electron chi connectivity index (χ3n) is 4.37. The number of carbonyl (C=O) groups excluding carboxylic acids is 1. The van der Waals surface area contributed by atoms with Gasteiger partial charge in [0.25, 0.3) is 0 Å². The van der Waals surface area contributed by atoms with E-state index in [1.54, 1.807) is 24.3 Å². The second-order valence-corrected chi connectivity index (χ2v) is 6.71. The predicted octanol–water partition coefficient (Wildman–Crippen LogP) is 3.00. The minimum absolute atomic E-state index is 0.0880. The first-order valence-electron chi connectivity index (χ1n) is 8.38. The SMILES string of the molecule is CC(C)(C(=O)Nc1cccc(CC(=O)O)c1)c1ccc2c(c1)OCCO2. The van der Waals surface area contributed by atoms with Crippen LogP contribution in [0.5, 0.6) is 11.5 Å². The van der Waals surface area contributed by atoms with Crippen LogP contribution in [-0.2, 0) is 21.4 Å². The monoisotopic (exact) mass is 355 g/mol. The van der Waals surface area contributed by atoms with E-state index >= 15 is 0 Å². The lowest BCUT2D eigenvalue weighted by Gasteiger charge is -2.26. The van der Waals surface area contributed by atoms with Gasteiger partial charge in [0.15, 0.2) is 11.5 Å². The van der Waals surface area contributed by atoms with Gasteiger partial charge < -0.3 is 19.9 Å². The summed E-state index contributed by atoms with van der Waals surface area (Å²) in [5.41, 5.74) is 1.20. The van der Waals surface area contributed by atoms with Crippen LogP contribution in [-0.4, -0.2) is 30.2 Å². The number of amides is 1. The van der Waals surface area contributed by atoms with E-state index in [9.17, 15) is 9.59 Å². The minimum atomic E-state index is -0.912. The molecule has 0 radical (unpaired) electrons. The normalized spacial score (nSPS) is 13.2. The molecule has 6 nitrogen and oxygen atoms in total. The molecule has 136 valence electrons. The van der Waals surface area contributed by atoms with E-state index in [-0.39, 0.29) is 12.3 Å². The molecule has 0 bridgehead atoms. The number of hydrogen-bond acceptors (Lipinski definition) is 4. The third-order valence-corrected chi connectivity index (χ3v) is 4.37. The fourth-order valence-corrected chi connectivity index (χ4v) is 2.78. The number of anilines is 1. The van der Waals surface area contributed by atoms with E-state index in [0.717, 1.165) is 5.56 Å². The van der Waals surface area contributed by atoms with Gasteiger partial charge in [-0.15, -0.1) is 0 Å². The first kappa shape index (κ1) is 17.8. The molecule has 1 heterocycles. The van der Waals surface area contributed by atoms with Crippen molar-refractivity contribution in [2.75, 3.05) is 18.5 Å². The van der Waals surface area contributed by atoms with Crippen molar-refractivity contribution in [3.05, 3.63) is 53.6 Å². The average molecular weight is 355 g/mol. The molecule has 0 aromatic heterocycles. The maximum absolute atomic E-state index is 12.8. The summed E-state index contributed by atoms with van der Waals surface area (Å²) in [4.78, 5) is 23.7. The summed E-state index contributed by atoms with van der Waals surface area (Å²) in [6.45, 7) is 4.66. The predicted molar refractivity (Wildman–Crippen MR) is 96.9 cm³/mol. The highest BCUT2D eigenvalue weighted by atomic mass is 16.6. The van der Waals surface area contributed by atoms with Crippen molar-refractivity contribution in [1.82, 2.24) is 0 Å². The van der Waals surface area contributed by atoms with Crippen LogP contribution in [0.3, 0.4) is 0 Å². The van der Waals surface area contributed by atoms with Gasteiger partial charge in [-0.05, 0) is 49.2 Å². The molecule has 2 N–H and O–H groups in total. The maximum Gasteiger partial charge on any atom is 0.307 e. The van der Waals surface area contributed by atoms with Crippen LogP contribution in [0.1, 0.15) is 25.0 Å². The highest BCUT2D eigenvalue weighted by Gasteiger charge is 2.31. The molecule has 0 atom stereocenters. The zero-order chi connectivity index (χ0) is 18.7. The molecule has 0 spiro atoms. The number of carboxylic acid groups (broad SMARTS) is 1. The van der Waals surface area contributed by atoms with Crippen molar-refractivity contribution >= 4 is 17.6 Å². The quantitative estimate of drug-likeness (QED) is 0.861. The molecule has 0 aliphatic carbocycles. The number of aliphatic carboxylic acids is 1. The highest BCUT2D eigenvalue weighted by molar-refractivity contribution is 5.98. The molecule has 0 unspecified atom stereocenters. The number of ether oxygens (including phenoxy) is 2. The average Bonchev–Trinajstić information content (AvgIpc) is 2.61. The van der Waals surface area contributed by atoms with Crippen LogP contribution in [0.4, 0.5) is 5.69 Å². The Labute approximate surface area is 151 Å². The van der Waals surface area contributed by atoms with E-state index < -0.39 is 11.4 Å². The third kappa shape index (κ3) is 3.79. The van der Waals surface area contributed by atoms with Gasteiger partial charge in [0.2, 0.25) is 5.91 Å². The highest BCUT2D eigenvalue weighted by Crippen LogP contribution is 2.35. The zero-order valence-electron chi connectivity index (χ0n) is 14.7. The van der Waals surface area contributed by atoms with E-state index in [1.807, 2.05) is 32.0 Å². The van der Waals surface area contributed by atoms with Crippen LogP contribution in [0.25, 0.3) is 0 Å². The lowest BCUT2D eigenvalue weighted by molar-refractivity contribution is -0.136. The summed E-state index contributed by atoms with van der Waals surface area (Å²) in [6, 6.07) is 12.4. The van der Waals surface area contributed by atoms with Crippen molar-refractivity contribution in [3.63, 3.8) is 0 Å². The van der Waals surface area contributed by atoms with Crippen molar-refractivity contribution in [1.29, 1.82) is 0 Å². The van der Waals surface area contributed by atoms with Gasteiger partial charge in [-0.2, -0.15) is 0 Å². The number of carboxylic acids is 1. The molecule has 6 heteroatoms. The second kappa shape index (κ2) is 7.07. The van der Waals surface area contributed by atoms with Crippen LogP contribution in [0, 0.1) is 0 Å². The Kier molecular flexibility index (Phi) is 4.84. The van der Waals surface area contributed by atoms with E-state index in [4.69, 9.17) is 14.6 Å². The fraction of sp³-hybridized carbons (Fsp3) is 0.300. The van der Waals surface area contributed by atoms with Crippen LogP contribution >= 0.6 is 0 Å².